The highest BCUT2D eigenvalue weighted by Gasteiger charge is 2.19. The highest BCUT2D eigenvalue weighted by Crippen LogP contribution is 2.25. The number of H-pyrrole nitrogens is 1. The summed E-state index contributed by atoms with van der Waals surface area (Å²) in [6, 6.07) is 17.0. The third-order valence-corrected chi connectivity index (χ3v) is 4.87. The second-order valence-corrected chi connectivity index (χ2v) is 7.04. The third kappa shape index (κ3) is 3.65. The Morgan fingerprint density at radius 2 is 1.85 bits per heavy atom. The quantitative estimate of drug-likeness (QED) is 0.236. The van der Waals surface area contributed by atoms with Crippen LogP contribution in [0.1, 0.15) is 21.6 Å². The minimum absolute atomic E-state index is 0.0353. The Bertz CT molecular complexity index is 1090. The number of hydrogen-bond donors (Lipinski definition) is 1. The van der Waals surface area contributed by atoms with Gasteiger partial charge in [0, 0.05) is 26.1 Å². The molecule has 0 spiro atoms. The van der Waals surface area contributed by atoms with Crippen molar-refractivity contribution in [3.8, 4) is 6.07 Å². The molecule has 0 amide bonds. The van der Waals surface area contributed by atoms with Gasteiger partial charge in [-0.25, -0.2) is 0 Å². The Kier molecular flexibility index (Phi) is 5.41. The van der Waals surface area contributed by atoms with E-state index in [0.717, 1.165) is 26.6 Å². The van der Waals surface area contributed by atoms with Gasteiger partial charge in [-0.15, -0.1) is 0 Å². The normalized spacial score (nSPS) is 12.2. The van der Waals surface area contributed by atoms with Crippen LogP contribution in [0.15, 0.2) is 70.7 Å². The molecule has 0 fully saturated rings. The lowest BCUT2D eigenvalue weighted by Gasteiger charge is -2.00. The van der Waals surface area contributed by atoms with E-state index < -0.39 is 0 Å². The van der Waals surface area contributed by atoms with Gasteiger partial charge in [-0.3, -0.25) is 4.79 Å². The van der Waals surface area contributed by atoms with E-state index >= 15 is 0 Å². The summed E-state index contributed by atoms with van der Waals surface area (Å²) in [7, 11) is 0. The minimum atomic E-state index is -0.320. The number of halogens is 2. The number of aromatic amines is 1. The molecule has 3 rings (SSSR count). The second kappa shape index (κ2) is 7.74. The molecule has 3 aromatic rings. The van der Waals surface area contributed by atoms with Crippen LogP contribution in [-0.2, 0) is 0 Å². The third-order valence-electron chi connectivity index (χ3n) is 4.00. The first-order valence-corrected chi connectivity index (χ1v) is 9.04. The molecule has 0 unspecified atom stereocenters. The lowest BCUT2D eigenvalue weighted by atomic mass is 10.0. The Morgan fingerprint density at radius 3 is 2.54 bits per heavy atom. The second-order valence-electron chi connectivity index (χ2n) is 5.71. The molecule has 1 N–H and O–H groups in total. The van der Waals surface area contributed by atoms with Crippen molar-refractivity contribution in [1.29, 1.82) is 5.26 Å². The molecule has 26 heavy (non-hydrogen) atoms. The summed E-state index contributed by atoms with van der Waals surface area (Å²) in [4.78, 5) is 16.1. The van der Waals surface area contributed by atoms with Crippen LogP contribution in [0.2, 0.25) is 0 Å². The SMILES string of the molecule is Cc1[nH]c2ccccc2c1C(=O)/C(C#N)=C/C=C(\Cl)c1ccc(Br)cc1. The van der Waals surface area contributed by atoms with Gasteiger partial charge in [0.2, 0.25) is 5.78 Å². The number of nitriles is 1. The zero-order valence-electron chi connectivity index (χ0n) is 13.9. The first kappa shape index (κ1) is 18.2. The lowest BCUT2D eigenvalue weighted by molar-refractivity contribution is 0.104. The summed E-state index contributed by atoms with van der Waals surface area (Å²) in [6.45, 7) is 1.83. The number of nitrogens with zero attached hydrogens (tertiary/aromatic N) is 1. The van der Waals surface area contributed by atoms with Gasteiger partial charge in [-0.2, -0.15) is 5.26 Å². The zero-order valence-corrected chi connectivity index (χ0v) is 16.2. The predicted molar refractivity (Wildman–Crippen MR) is 109 cm³/mol. The number of aromatic nitrogens is 1. The molecular weight excluding hydrogens is 412 g/mol. The van der Waals surface area contributed by atoms with Crippen LogP contribution in [0, 0.1) is 18.3 Å². The maximum absolute atomic E-state index is 12.9. The molecule has 1 heterocycles. The number of carbonyl (C=O) groups excluding carboxylic acids is 1. The average molecular weight is 426 g/mol. The number of nitrogens with one attached hydrogen (secondary N) is 1. The van der Waals surface area contributed by atoms with E-state index in [-0.39, 0.29) is 11.4 Å². The van der Waals surface area contributed by atoms with Crippen molar-refractivity contribution in [2.75, 3.05) is 0 Å². The number of ketones is 1. The molecular formula is C21H14BrClN2O. The van der Waals surface area contributed by atoms with Crippen molar-refractivity contribution < 1.29 is 4.79 Å². The summed E-state index contributed by atoms with van der Waals surface area (Å²) in [5.74, 6) is -0.320. The van der Waals surface area contributed by atoms with E-state index in [2.05, 4.69) is 20.9 Å². The number of allylic oxidation sites excluding steroid dienone is 3. The first-order valence-electron chi connectivity index (χ1n) is 7.87. The van der Waals surface area contributed by atoms with Gasteiger partial charge in [0.15, 0.2) is 0 Å². The average Bonchev–Trinajstić information content (AvgIpc) is 2.98. The summed E-state index contributed by atoms with van der Waals surface area (Å²) < 4.78 is 0.948. The topological polar surface area (TPSA) is 56.6 Å². The minimum Gasteiger partial charge on any atom is -0.358 e. The Hall–Kier alpha value is -2.61. The molecule has 0 aliphatic heterocycles. The number of fused-ring (bicyclic) bond motifs is 1. The maximum atomic E-state index is 12.9. The maximum Gasteiger partial charge on any atom is 0.205 e. The van der Waals surface area contributed by atoms with Crippen molar-refractivity contribution in [3.63, 3.8) is 0 Å². The van der Waals surface area contributed by atoms with Crippen LogP contribution >= 0.6 is 27.5 Å². The van der Waals surface area contributed by atoms with Crippen LogP contribution in [-0.4, -0.2) is 10.8 Å². The zero-order chi connectivity index (χ0) is 18.7. The Labute approximate surface area is 164 Å². The fourth-order valence-electron chi connectivity index (χ4n) is 2.73. The fraction of sp³-hybridized carbons (Fsp3) is 0.0476. The number of benzene rings is 2. The molecule has 0 saturated heterocycles. The lowest BCUT2D eigenvalue weighted by Crippen LogP contribution is -2.03. The van der Waals surface area contributed by atoms with E-state index in [1.54, 1.807) is 6.08 Å². The van der Waals surface area contributed by atoms with E-state index in [1.165, 1.54) is 6.08 Å². The number of rotatable bonds is 4. The molecule has 3 nitrogen and oxygen atoms in total. The van der Waals surface area contributed by atoms with Crippen LogP contribution in [0.5, 0.6) is 0 Å². The molecule has 1 aromatic heterocycles. The van der Waals surface area contributed by atoms with Crippen LogP contribution in [0.25, 0.3) is 15.9 Å². The first-order chi connectivity index (χ1) is 12.5. The van der Waals surface area contributed by atoms with E-state index in [9.17, 15) is 10.1 Å². The van der Waals surface area contributed by atoms with Crippen molar-refractivity contribution >= 4 is 49.2 Å². The molecule has 0 bridgehead atoms. The predicted octanol–water partition coefficient (Wildman–Crippen LogP) is 6.15. The molecule has 0 saturated carbocycles. The van der Waals surface area contributed by atoms with Gasteiger partial charge in [-0.05, 0) is 42.8 Å². The van der Waals surface area contributed by atoms with Gasteiger partial charge >= 0.3 is 0 Å². The van der Waals surface area contributed by atoms with Gasteiger partial charge in [-0.1, -0.05) is 57.9 Å². The monoisotopic (exact) mass is 424 g/mol. The van der Waals surface area contributed by atoms with E-state index in [4.69, 9.17) is 11.6 Å². The smallest absolute Gasteiger partial charge is 0.205 e. The molecule has 0 aliphatic carbocycles. The van der Waals surface area contributed by atoms with Crippen LogP contribution in [0.4, 0.5) is 0 Å². The highest BCUT2D eigenvalue weighted by atomic mass is 79.9. The number of Topliss-reactive ketones (excluding diaryl/α,β-unsaturated/α-hetero) is 1. The van der Waals surface area contributed by atoms with Crippen molar-refractivity contribution in [2.24, 2.45) is 0 Å². The van der Waals surface area contributed by atoms with Crippen LogP contribution < -0.4 is 0 Å². The van der Waals surface area contributed by atoms with Gasteiger partial charge in [0.1, 0.15) is 11.6 Å². The number of para-hydroxylation sites is 1. The molecule has 0 atom stereocenters. The Balaban J connectivity index is 1.97. The highest BCUT2D eigenvalue weighted by molar-refractivity contribution is 9.10. The molecule has 0 aliphatic rings. The summed E-state index contributed by atoms with van der Waals surface area (Å²) in [6.07, 6.45) is 3.04. The van der Waals surface area contributed by atoms with Gasteiger partial charge in [0.25, 0.3) is 0 Å². The van der Waals surface area contributed by atoms with E-state index in [0.29, 0.717) is 10.6 Å². The van der Waals surface area contributed by atoms with Gasteiger partial charge in [0.05, 0.1) is 5.56 Å². The molecule has 0 radical (unpaired) electrons. The summed E-state index contributed by atoms with van der Waals surface area (Å²) in [5, 5.41) is 10.7. The fourth-order valence-corrected chi connectivity index (χ4v) is 3.18. The molecule has 2 aromatic carbocycles. The number of aryl methyl sites for hydroxylation is 1. The van der Waals surface area contributed by atoms with Crippen molar-refractivity contribution in [1.82, 2.24) is 4.98 Å². The van der Waals surface area contributed by atoms with Crippen molar-refractivity contribution in [3.05, 3.63) is 87.5 Å². The van der Waals surface area contributed by atoms with Crippen LogP contribution in [0.3, 0.4) is 0 Å². The largest absolute Gasteiger partial charge is 0.358 e. The Morgan fingerprint density at radius 1 is 1.15 bits per heavy atom. The molecule has 5 heteroatoms. The number of carbonyl (C=O) groups is 1. The summed E-state index contributed by atoms with van der Waals surface area (Å²) in [5.41, 5.74) is 2.96. The standard InChI is InChI=1S/C21H14BrClN2O/c1-13-20(17-4-2-3-5-19(17)25-13)21(26)15(12-24)8-11-18(23)14-6-9-16(22)10-7-14/h2-11,25H,1H3/b15-8+,18-11-. The van der Waals surface area contributed by atoms with Gasteiger partial charge < -0.3 is 4.98 Å². The molecule has 128 valence electrons. The summed E-state index contributed by atoms with van der Waals surface area (Å²) >= 11 is 9.66. The van der Waals surface area contributed by atoms with E-state index in [1.807, 2.05) is 61.5 Å². The number of hydrogen-bond acceptors (Lipinski definition) is 2. The van der Waals surface area contributed by atoms with Crippen molar-refractivity contribution in [2.45, 2.75) is 6.92 Å².